The van der Waals surface area contributed by atoms with Gasteiger partial charge in [-0.15, -0.1) is 5.10 Å². The zero-order chi connectivity index (χ0) is 22.6. The van der Waals surface area contributed by atoms with E-state index in [0.717, 1.165) is 55.2 Å². The molecule has 0 radical (unpaired) electrons. The maximum Gasteiger partial charge on any atom is 0.159 e. The highest BCUT2D eigenvalue weighted by atomic mass is 15.3. The number of nitrogens with zero attached hydrogens (tertiary/aromatic N) is 3. The monoisotopic (exact) mass is 434 g/mol. The molecule has 1 aliphatic heterocycles. The van der Waals surface area contributed by atoms with E-state index >= 15 is 0 Å². The third-order valence-electron chi connectivity index (χ3n) is 6.49. The molecule has 1 aliphatic rings. The summed E-state index contributed by atoms with van der Waals surface area (Å²) in [6, 6.07) is 27.9. The van der Waals surface area contributed by atoms with Crippen LogP contribution in [0.25, 0.3) is 10.8 Å². The SMILES string of the molecule is C=C(C)Nc1ccc(C2CCN(c3nnc(Cc4ccccc4)c4ccccc34)CC2)cc1. The lowest BCUT2D eigenvalue weighted by molar-refractivity contribution is 0.502. The molecule has 0 aliphatic carbocycles. The summed E-state index contributed by atoms with van der Waals surface area (Å²) in [6.07, 6.45) is 3.04. The molecule has 4 nitrogen and oxygen atoms in total. The lowest BCUT2D eigenvalue weighted by Crippen LogP contribution is -2.34. The molecule has 166 valence electrons. The fourth-order valence-corrected chi connectivity index (χ4v) is 4.81. The number of hydrogen-bond acceptors (Lipinski definition) is 4. The molecule has 33 heavy (non-hydrogen) atoms. The first kappa shape index (κ1) is 21.2. The van der Waals surface area contributed by atoms with Crippen LogP contribution in [0.3, 0.4) is 0 Å². The van der Waals surface area contributed by atoms with Crippen LogP contribution >= 0.6 is 0 Å². The average Bonchev–Trinajstić information content (AvgIpc) is 2.85. The molecular weight excluding hydrogens is 404 g/mol. The van der Waals surface area contributed by atoms with Gasteiger partial charge in [0.2, 0.25) is 0 Å². The van der Waals surface area contributed by atoms with Crippen molar-refractivity contribution in [2.75, 3.05) is 23.3 Å². The Kier molecular flexibility index (Phi) is 6.07. The number of aromatic nitrogens is 2. The Morgan fingerprint density at radius 1 is 0.879 bits per heavy atom. The predicted molar refractivity (Wildman–Crippen MR) is 138 cm³/mol. The number of anilines is 2. The molecule has 0 unspecified atom stereocenters. The zero-order valence-electron chi connectivity index (χ0n) is 19.2. The van der Waals surface area contributed by atoms with Gasteiger partial charge in [0.05, 0.1) is 5.69 Å². The fraction of sp³-hybridized carbons (Fsp3) is 0.241. The highest BCUT2D eigenvalue weighted by molar-refractivity contribution is 5.93. The van der Waals surface area contributed by atoms with Gasteiger partial charge in [0.25, 0.3) is 0 Å². The minimum Gasteiger partial charge on any atom is -0.360 e. The van der Waals surface area contributed by atoms with Gasteiger partial charge in [-0.1, -0.05) is 73.3 Å². The maximum atomic E-state index is 4.72. The van der Waals surface area contributed by atoms with E-state index in [-0.39, 0.29) is 0 Å². The number of piperidine rings is 1. The van der Waals surface area contributed by atoms with Gasteiger partial charge >= 0.3 is 0 Å². The quantitative estimate of drug-likeness (QED) is 0.374. The largest absolute Gasteiger partial charge is 0.360 e. The zero-order valence-corrected chi connectivity index (χ0v) is 19.2. The van der Waals surface area contributed by atoms with Crippen LogP contribution in [0.2, 0.25) is 0 Å². The van der Waals surface area contributed by atoms with Crippen molar-refractivity contribution >= 4 is 22.3 Å². The van der Waals surface area contributed by atoms with Crippen LogP contribution in [0.5, 0.6) is 0 Å². The number of hydrogen-bond donors (Lipinski definition) is 1. The Labute approximate surface area is 196 Å². The third kappa shape index (κ3) is 4.75. The Morgan fingerprint density at radius 2 is 1.55 bits per heavy atom. The molecule has 0 bridgehead atoms. The van der Waals surface area contributed by atoms with Crippen LogP contribution in [0.15, 0.2) is 91.1 Å². The topological polar surface area (TPSA) is 41.0 Å². The van der Waals surface area contributed by atoms with Crippen molar-refractivity contribution in [3.8, 4) is 0 Å². The molecule has 1 aromatic heterocycles. The molecule has 0 spiro atoms. The summed E-state index contributed by atoms with van der Waals surface area (Å²) in [5.74, 6) is 1.60. The van der Waals surface area contributed by atoms with E-state index in [1.54, 1.807) is 0 Å². The number of benzene rings is 3. The highest BCUT2D eigenvalue weighted by Crippen LogP contribution is 2.33. The standard InChI is InChI=1S/C29H30N4/c1-21(2)30-25-14-12-23(13-15-25)24-16-18-33(19-17-24)29-27-11-7-6-10-26(27)28(31-32-29)20-22-8-4-3-5-9-22/h3-15,24,30H,1,16-20H2,2H3. The summed E-state index contributed by atoms with van der Waals surface area (Å²) in [7, 11) is 0. The Balaban J connectivity index is 1.32. The summed E-state index contributed by atoms with van der Waals surface area (Å²) in [5, 5.41) is 15.1. The predicted octanol–water partition coefficient (Wildman–Crippen LogP) is 6.55. The van der Waals surface area contributed by atoms with Crippen LogP contribution in [0, 0.1) is 0 Å². The van der Waals surface area contributed by atoms with Crippen molar-refractivity contribution in [3.05, 3.63) is 108 Å². The van der Waals surface area contributed by atoms with E-state index in [1.165, 1.54) is 21.9 Å². The van der Waals surface area contributed by atoms with Gasteiger partial charge in [0.1, 0.15) is 0 Å². The van der Waals surface area contributed by atoms with E-state index in [4.69, 9.17) is 5.10 Å². The lowest BCUT2D eigenvalue weighted by atomic mass is 9.89. The minimum absolute atomic E-state index is 0.580. The van der Waals surface area contributed by atoms with Crippen LogP contribution in [-0.2, 0) is 6.42 Å². The normalized spacial score (nSPS) is 14.4. The van der Waals surface area contributed by atoms with Crippen molar-refractivity contribution in [2.45, 2.75) is 32.1 Å². The van der Waals surface area contributed by atoms with E-state index in [0.29, 0.717) is 5.92 Å². The lowest BCUT2D eigenvalue weighted by Gasteiger charge is -2.33. The maximum absolute atomic E-state index is 4.72. The Hall–Kier alpha value is -3.66. The molecule has 1 saturated heterocycles. The first-order valence-corrected chi connectivity index (χ1v) is 11.7. The number of rotatable bonds is 6. The molecular formula is C29H30N4. The second kappa shape index (κ2) is 9.45. The van der Waals surface area contributed by atoms with Crippen molar-refractivity contribution in [1.29, 1.82) is 0 Å². The van der Waals surface area contributed by atoms with Gasteiger partial charge in [-0.3, -0.25) is 0 Å². The summed E-state index contributed by atoms with van der Waals surface area (Å²) in [5.41, 5.74) is 5.77. The Bertz CT molecular complexity index is 1240. The van der Waals surface area contributed by atoms with Gasteiger partial charge in [-0.05, 0) is 48.9 Å². The average molecular weight is 435 g/mol. The molecule has 1 fully saturated rings. The highest BCUT2D eigenvalue weighted by Gasteiger charge is 2.23. The van der Waals surface area contributed by atoms with Crippen LogP contribution < -0.4 is 10.2 Å². The molecule has 0 saturated carbocycles. The van der Waals surface area contributed by atoms with E-state index in [2.05, 4.69) is 94.7 Å². The van der Waals surface area contributed by atoms with Crippen LogP contribution in [0.1, 0.15) is 42.5 Å². The molecule has 0 atom stereocenters. The first-order valence-electron chi connectivity index (χ1n) is 11.7. The molecule has 1 N–H and O–H groups in total. The van der Waals surface area contributed by atoms with E-state index in [9.17, 15) is 0 Å². The van der Waals surface area contributed by atoms with Crippen molar-refractivity contribution < 1.29 is 0 Å². The molecule has 4 heteroatoms. The summed E-state index contributed by atoms with van der Waals surface area (Å²) in [6.45, 7) is 7.88. The van der Waals surface area contributed by atoms with Crippen molar-refractivity contribution in [3.63, 3.8) is 0 Å². The summed E-state index contributed by atoms with van der Waals surface area (Å²) in [4.78, 5) is 2.41. The first-order chi connectivity index (χ1) is 16.2. The number of nitrogens with one attached hydrogen (secondary N) is 1. The fourth-order valence-electron chi connectivity index (χ4n) is 4.81. The van der Waals surface area contributed by atoms with Gasteiger partial charge in [0.15, 0.2) is 5.82 Å². The molecule has 0 amide bonds. The van der Waals surface area contributed by atoms with Gasteiger partial charge in [-0.25, -0.2) is 0 Å². The number of allylic oxidation sites excluding steroid dienone is 1. The minimum atomic E-state index is 0.580. The number of fused-ring (bicyclic) bond motifs is 1. The van der Waals surface area contributed by atoms with Gasteiger partial charge in [-0.2, -0.15) is 5.10 Å². The van der Waals surface area contributed by atoms with Gasteiger partial charge in [0, 0.05) is 41.7 Å². The Morgan fingerprint density at radius 3 is 2.24 bits per heavy atom. The van der Waals surface area contributed by atoms with Crippen molar-refractivity contribution in [1.82, 2.24) is 10.2 Å². The second-order valence-electron chi connectivity index (χ2n) is 8.97. The smallest absolute Gasteiger partial charge is 0.159 e. The van der Waals surface area contributed by atoms with Crippen LogP contribution in [-0.4, -0.2) is 23.3 Å². The molecule has 4 aromatic rings. The van der Waals surface area contributed by atoms with Gasteiger partial charge < -0.3 is 10.2 Å². The van der Waals surface area contributed by atoms with Crippen molar-refractivity contribution in [2.24, 2.45) is 0 Å². The third-order valence-corrected chi connectivity index (χ3v) is 6.49. The second-order valence-corrected chi connectivity index (χ2v) is 8.97. The molecule has 5 rings (SSSR count). The molecule has 2 heterocycles. The van der Waals surface area contributed by atoms with Crippen LogP contribution in [0.4, 0.5) is 11.5 Å². The summed E-state index contributed by atoms with van der Waals surface area (Å²) >= 11 is 0. The summed E-state index contributed by atoms with van der Waals surface area (Å²) < 4.78 is 0. The van der Waals surface area contributed by atoms with E-state index in [1.807, 2.05) is 13.0 Å². The van der Waals surface area contributed by atoms with E-state index < -0.39 is 0 Å². The molecule has 3 aromatic carbocycles.